The summed E-state index contributed by atoms with van der Waals surface area (Å²) >= 11 is 0. The molecule has 0 saturated heterocycles. The third-order valence-electron chi connectivity index (χ3n) is 6.38. The molecule has 0 heterocycles. The molecule has 4 rings (SSSR count). The maximum atomic E-state index is 15.0. The lowest BCUT2D eigenvalue weighted by Gasteiger charge is -2.11. The SMILES string of the molecule is CCCCCc1ccc(-c2ccc(-c3ccc(-c4ccc(CC)c(F)c4F)cc3F)cc2)cc1. The largest absolute Gasteiger partial charge is 0.206 e. The van der Waals surface area contributed by atoms with Crippen LogP contribution < -0.4 is 0 Å². The van der Waals surface area contributed by atoms with Crippen molar-refractivity contribution in [3.8, 4) is 33.4 Å². The minimum atomic E-state index is -0.938. The van der Waals surface area contributed by atoms with E-state index >= 15 is 0 Å². The van der Waals surface area contributed by atoms with Gasteiger partial charge < -0.3 is 0 Å². The van der Waals surface area contributed by atoms with E-state index in [1.807, 2.05) is 24.3 Å². The van der Waals surface area contributed by atoms with E-state index in [1.54, 1.807) is 25.1 Å². The van der Waals surface area contributed by atoms with E-state index in [2.05, 4.69) is 31.2 Å². The highest BCUT2D eigenvalue weighted by Gasteiger charge is 2.15. The van der Waals surface area contributed by atoms with Gasteiger partial charge in [0.05, 0.1) is 0 Å². The smallest absolute Gasteiger partial charge is 0.166 e. The summed E-state index contributed by atoms with van der Waals surface area (Å²) in [6.45, 7) is 3.97. The summed E-state index contributed by atoms with van der Waals surface area (Å²) in [6.07, 6.45) is 5.17. The second kappa shape index (κ2) is 10.7. The Bertz CT molecular complexity index is 1260. The van der Waals surface area contributed by atoms with Crippen molar-refractivity contribution in [3.05, 3.63) is 107 Å². The standard InChI is InChI=1S/C31H29F3/c1-3-5-6-7-21-8-10-23(11-9-21)24-12-14-25(15-13-24)27-18-17-26(20-29(27)32)28-19-16-22(4-2)30(33)31(28)34/h8-20H,3-7H2,1-2H3. The van der Waals surface area contributed by atoms with Crippen molar-refractivity contribution in [1.82, 2.24) is 0 Å². The van der Waals surface area contributed by atoms with Gasteiger partial charge in [0.15, 0.2) is 11.6 Å². The highest BCUT2D eigenvalue weighted by Crippen LogP contribution is 2.32. The summed E-state index contributed by atoms with van der Waals surface area (Å²) in [4.78, 5) is 0. The Morgan fingerprint density at radius 1 is 0.559 bits per heavy atom. The highest BCUT2D eigenvalue weighted by atomic mass is 19.2. The van der Waals surface area contributed by atoms with Gasteiger partial charge in [-0.05, 0) is 58.7 Å². The molecule has 0 bridgehead atoms. The molecule has 0 unspecified atom stereocenters. The Morgan fingerprint density at radius 3 is 1.76 bits per heavy atom. The molecule has 0 fully saturated rings. The van der Waals surface area contributed by atoms with Gasteiger partial charge in [0, 0.05) is 11.1 Å². The Labute approximate surface area is 200 Å². The molecule has 0 aliphatic heterocycles. The van der Waals surface area contributed by atoms with Gasteiger partial charge in [-0.25, -0.2) is 13.2 Å². The zero-order valence-corrected chi connectivity index (χ0v) is 19.7. The first-order chi connectivity index (χ1) is 16.5. The number of aryl methyl sites for hydroxylation is 2. The molecule has 4 aromatic carbocycles. The van der Waals surface area contributed by atoms with E-state index in [9.17, 15) is 13.2 Å². The van der Waals surface area contributed by atoms with Gasteiger partial charge in [-0.15, -0.1) is 0 Å². The van der Waals surface area contributed by atoms with Crippen molar-refractivity contribution < 1.29 is 13.2 Å². The maximum Gasteiger partial charge on any atom is 0.166 e. The van der Waals surface area contributed by atoms with Crippen LogP contribution in [-0.4, -0.2) is 0 Å². The molecule has 0 radical (unpaired) electrons. The molecule has 0 aromatic heterocycles. The summed E-state index contributed by atoms with van der Waals surface area (Å²) in [5.74, 6) is -2.28. The molecular weight excluding hydrogens is 429 g/mol. The molecule has 0 amide bonds. The number of hydrogen-bond donors (Lipinski definition) is 0. The summed E-state index contributed by atoms with van der Waals surface area (Å²) in [6, 6.07) is 23.9. The van der Waals surface area contributed by atoms with Gasteiger partial charge in [-0.1, -0.05) is 99.5 Å². The third kappa shape index (κ3) is 5.09. The van der Waals surface area contributed by atoms with Crippen molar-refractivity contribution in [3.63, 3.8) is 0 Å². The van der Waals surface area contributed by atoms with Crippen LogP contribution in [0.25, 0.3) is 33.4 Å². The highest BCUT2D eigenvalue weighted by molar-refractivity contribution is 5.74. The van der Waals surface area contributed by atoms with Crippen LogP contribution in [0.15, 0.2) is 78.9 Å². The fraction of sp³-hybridized carbons (Fsp3) is 0.226. The zero-order valence-electron chi connectivity index (χ0n) is 19.7. The minimum absolute atomic E-state index is 0.0636. The normalized spacial score (nSPS) is 11.1. The lowest BCUT2D eigenvalue weighted by molar-refractivity contribution is 0.502. The van der Waals surface area contributed by atoms with Gasteiger partial charge >= 0.3 is 0 Å². The molecule has 0 atom stereocenters. The fourth-order valence-corrected chi connectivity index (χ4v) is 4.29. The van der Waals surface area contributed by atoms with Crippen molar-refractivity contribution in [2.24, 2.45) is 0 Å². The molecule has 34 heavy (non-hydrogen) atoms. The van der Waals surface area contributed by atoms with Crippen LogP contribution in [0.4, 0.5) is 13.2 Å². The molecule has 3 heteroatoms. The lowest BCUT2D eigenvalue weighted by Crippen LogP contribution is -1.96. The van der Waals surface area contributed by atoms with Crippen molar-refractivity contribution in [2.45, 2.75) is 46.0 Å². The monoisotopic (exact) mass is 458 g/mol. The van der Waals surface area contributed by atoms with Crippen LogP contribution >= 0.6 is 0 Å². The summed E-state index contributed by atoms with van der Waals surface area (Å²) in [7, 11) is 0. The van der Waals surface area contributed by atoms with E-state index < -0.39 is 17.5 Å². The minimum Gasteiger partial charge on any atom is -0.206 e. The number of halogens is 3. The van der Waals surface area contributed by atoms with E-state index in [1.165, 1.54) is 37.0 Å². The van der Waals surface area contributed by atoms with Crippen molar-refractivity contribution in [2.75, 3.05) is 0 Å². The quantitative estimate of drug-likeness (QED) is 0.231. The summed E-state index contributed by atoms with van der Waals surface area (Å²) < 4.78 is 43.7. The second-order valence-corrected chi connectivity index (χ2v) is 8.68. The predicted molar refractivity (Wildman–Crippen MR) is 135 cm³/mol. The molecule has 0 aliphatic carbocycles. The molecular formula is C31H29F3. The van der Waals surface area contributed by atoms with E-state index in [4.69, 9.17) is 0 Å². The first-order valence-corrected chi connectivity index (χ1v) is 12.0. The van der Waals surface area contributed by atoms with Crippen LogP contribution in [0.3, 0.4) is 0 Å². The Morgan fingerprint density at radius 2 is 1.15 bits per heavy atom. The van der Waals surface area contributed by atoms with Crippen LogP contribution in [0, 0.1) is 17.5 Å². The van der Waals surface area contributed by atoms with Crippen molar-refractivity contribution >= 4 is 0 Å². The van der Waals surface area contributed by atoms with Gasteiger partial charge in [0.2, 0.25) is 0 Å². The average molecular weight is 459 g/mol. The van der Waals surface area contributed by atoms with Crippen LogP contribution in [0.5, 0.6) is 0 Å². The van der Waals surface area contributed by atoms with Crippen molar-refractivity contribution in [1.29, 1.82) is 0 Å². The first kappa shape index (κ1) is 23.8. The summed E-state index contributed by atoms with van der Waals surface area (Å²) in [5, 5.41) is 0. The molecule has 174 valence electrons. The third-order valence-corrected chi connectivity index (χ3v) is 6.38. The second-order valence-electron chi connectivity index (χ2n) is 8.68. The van der Waals surface area contributed by atoms with Gasteiger partial charge in [-0.3, -0.25) is 0 Å². The number of rotatable bonds is 8. The van der Waals surface area contributed by atoms with E-state index in [-0.39, 0.29) is 5.56 Å². The molecule has 0 nitrogen and oxygen atoms in total. The number of benzene rings is 4. The Balaban J connectivity index is 1.54. The van der Waals surface area contributed by atoms with Crippen LogP contribution in [0.1, 0.15) is 44.2 Å². The summed E-state index contributed by atoms with van der Waals surface area (Å²) in [5.41, 5.74) is 5.37. The maximum absolute atomic E-state index is 15.0. The van der Waals surface area contributed by atoms with Crippen LogP contribution in [-0.2, 0) is 12.8 Å². The molecule has 0 N–H and O–H groups in total. The molecule has 0 spiro atoms. The molecule has 0 saturated carbocycles. The topological polar surface area (TPSA) is 0 Å². The predicted octanol–water partition coefficient (Wildman–Crippen LogP) is 9.40. The number of hydrogen-bond acceptors (Lipinski definition) is 0. The van der Waals surface area contributed by atoms with Gasteiger partial charge in [-0.2, -0.15) is 0 Å². The van der Waals surface area contributed by atoms with E-state index in [0.717, 1.165) is 23.1 Å². The number of unbranched alkanes of at least 4 members (excludes halogenated alkanes) is 2. The van der Waals surface area contributed by atoms with E-state index in [0.29, 0.717) is 23.1 Å². The Hall–Kier alpha value is -3.33. The van der Waals surface area contributed by atoms with Gasteiger partial charge in [0.25, 0.3) is 0 Å². The van der Waals surface area contributed by atoms with Gasteiger partial charge in [0.1, 0.15) is 5.82 Å². The average Bonchev–Trinajstić information content (AvgIpc) is 2.86. The fourth-order valence-electron chi connectivity index (χ4n) is 4.29. The lowest BCUT2D eigenvalue weighted by atomic mass is 9.96. The molecule has 4 aromatic rings. The molecule has 0 aliphatic rings. The Kier molecular flexibility index (Phi) is 7.52. The first-order valence-electron chi connectivity index (χ1n) is 12.0. The van der Waals surface area contributed by atoms with Crippen LogP contribution in [0.2, 0.25) is 0 Å². The zero-order chi connectivity index (χ0) is 24.1.